The first-order chi connectivity index (χ1) is 9.47. The minimum atomic E-state index is -0.887. The molecule has 0 saturated carbocycles. The lowest BCUT2D eigenvalue weighted by Crippen LogP contribution is -2.14. The molecule has 0 aliphatic heterocycles. The predicted octanol–water partition coefficient (Wildman–Crippen LogP) is 3.13. The molecule has 0 aliphatic carbocycles. The molecular weight excluding hydrogens is 270 g/mol. The van der Waals surface area contributed by atoms with E-state index in [2.05, 4.69) is 5.32 Å². The lowest BCUT2D eigenvalue weighted by atomic mass is 10.2. The molecule has 0 radical (unpaired) electrons. The van der Waals surface area contributed by atoms with Crippen LogP contribution in [0.5, 0.6) is 0 Å². The molecule has 2 rings (SSSR count). The molecule has 7 heteroatoms. The molecule has 1 N–H and O–H groups in total. The number of hydrogen-bond donors (Lipinski definition) is 1. The summed E-state index contributed by atoms with van der Waals surface area (Å²) in [4.78, 5) is 21.7. The van der Waals surface area contributed by atoms with Gasteiger partial charge in [0.25, 0.3) is 11.6 Å². The number of anilines is 1. The number of halogens is 2. The fourth-order valence-corrected chi connectivity index (χ4v) is 1.57. The van der Waals surface area contributed by atoms with Crippen molar-refractivity contribution >= 4 is 17.3 Å². The predicted molar refractivity (Wildman–Crippen MR) is 67.4 cm³/mol. The van der Waals surface area contributed by atoms with Crippen LogP contribution in [0.3, 0.4) is 0 Å². The first-order valence-corrected chi connectivity index (χ1v) is 5.48. The van der Waals surface area contributed by atoms with Crippen LogP contribution in [0.1, 0.15) is 10.4 Å². The average molecular weight is 278 g/mol. The van der Waals surface area contributed by atoms with E-state index in [0.29, 0.717) is 0 Å². The Morgan fingerprint density at radius 1 is 1.15 bits per heavy atom. The van der Waals surface area contributed by atoms with Gasteiger partial charge in [-0.2, -0.15) is 0 Å². The van der Waals surface area contributed by atoms with Gasteiger partial charge in [0, 0.05) is 17.8 Å². The van der Waals surface area contributed by atoms with Gasteiger partial charge in [0.05, 0.1) is 10.5 Å². The van der Waals surface area contributed by atoms with Gasteiger partial charge in [-0.15, -0.1) is 0 Å². The van der Waals surface area contributed by atoms with Crippen LogP contribution in [-0.4, -0.2) is 10.8 Å². The summed E-state index contributed by atoms with van der Waals surface area (Å²) in [6, 6.07) is 7.62. The summed E-state index contributed by atoms with van der Waals surface area (Å²) in [5.74, 6) is -2.52. The van der Waals surface area contributed by atoms with E-state index in [4.69, 9.17) is 0 Å². The highest BCUT2D eigenvalue weighted by atomic mass is 19.1. The van der Waals surface area contributed by atoms with Gasteiger partial charge >= 0.3 is 0 Å². The molecule has 1 amide bonds. The Balaban J connectivity index is 2.25. The number of benzene rings is 2. The van der Waals surface area contributed by atoms with Crippen LogP contribution in [0.2, 0.25) is 0 Å². The lowest BCUT2D eigenvalue weighted by molar-refractivity contribution is -0.384. The first kappa shape index (κ1) is 13.6. The molecule has 0 bridgehead atoms. The van der Waals surface area contributed by atoms with Gasteiger partial charge in [0.15, 0.2) is 0 Å². The zero-order chi connectivity index (χ0) is 14.7. The van der Waals surface area contributed by atoms with Crippen molar-refractivity contribution in [3.63, 3.8) is 0 Å². The van der Waals surface area contributed by atoms with Gasteiger partial charge in [-0.3, -0.25) is 14.9 Å². The maximum absolute atomic E-state index is 13.4. The van der Waals surface area contributed by atoms with Crippen molar-refractivity contribution in [2.75, 3.05) is 5.32 Å². The van der Waals surface area contributed by atoms with Crippen molar-refractivity contribution in [2.24, 2.45) is 0 Å². The van der Waals surface area contributed by atoms with Gasteiger partial charge in [-0.1, -0.05) is 6.07 Å². The minimum absolute atomic E-state index is 0.118. The third-order valence-corrected chi connectivity index (χ3v) is 2.49. The summed E-state index contributed by atoms with van der Waals surface area (Å²) in [7, 11) is 0. The van der Waals surface area contributed by atoms with E-state index in [0.717, 1.165) is 24.3 Å². The Bertz CT molecular complexity index is 689. The van der Waals surface area contributed by atoms with Crippen LogP contribution >= 0.6 is 0 Å². The van der Waals surface area contributed by atoms with E-state index in [9.17, 15) is 23.7 Å². The molecule has 0 spiro atoms. The van der Waals surface area contributed by atoms with E-state index < -0.39 is 28.0 Å². The molecule has 0 aromatic heterocycles. The summed E-state index contributed by atoms with van der Waals surface area (Å²) in [6.07, 6.45) is 0. The normalized spacial score (nSPS) is 10.1. The highest BCUT2D eigenvalue weighted by Gasteiger charge is 2.14. The third kappa shape index (κ3) is 2.94. The zero-order valence-electron chi connectivity index (χ0n) is 9.97. The first-order valence-electron chi connectivity index (χ1n) is 5.48. The van der Waals surface area contributed by atoms with Crippen molar-refractivity contribution in [1.29, 1.82) is 0 Å². The van der Waals surface area contributed by atoms with Crippen molar-refractivity contribution in [3.05, 3.63) is 69.8 Å². The topological polar surface area (TPSA) is 72.2 Å². The largest absolute Gasteiger partial charge is 0.322 e. The summed E-state index contributed by atoms with van der Waals surface area (Å²) in [6.45, 7) is 0. The lowest BCUT2D eigenvalue weighted by Gasteiger charge is -2.06. The Morgan fingerprint density at radius 3 is 2.60 bits per heavy atom. The number of carbonyl (C=O) groups excluding carboxylic acids is 1. The molecule has 102 valence electrons. The third-order valence-electron chi connectivity index (χ3n) is 2.49. The number of nitrogens with one attached hydrogen (secondary N) is 1. The Labute approximate surface area is 112 Å². The average Bonchev–Trinajstić information content (AvgIpc) is 2.41. The van der Waals surface area contributed by atoms with Gasteiger partial charge in [0.2, 0.25) is 0 Å². The molecule has 0 unspecified atom stereocenters. The monoisotopic (exact) mass is 278 g/mol. The van der Waals surface area contributed by atoms with Crippen molar-refractivity contribution in [1.82, 2.24) is 0 Å². The Kier molecular flexibility index (Phi) is 3.69. The number of nitrogens with zero attached hydrogens (tertiary/aromatic N) is 1. The highest BCUT2D eigenvalue weighted by Crippen LogP contribution is 2.18. The smallest absolute Gasteiger partial charge is 0.271 e. The number of amides is 1. The van der Waals surface area contributed by atoms with Gasteiger partial charge in [0.1, 0.15) is 11.6 Å². The molecule has 0 atom stereocenters. The van der Waals surface area contributed by atoms with E-state index in [1.54, 1.807) is 0 Å². The second kappa shape index (κ2) is 5.43. The van der Waals surface area contributed by atoms with Crippen molar-refractivity contribution in [2.45, 2.75) is 0 Å². The number of rotatable bonds is 3. The van der Waals surface area contributed by atoms with Gasteiger partial charge < -0.3 is 5.32 Å². The number of non-ortho nitro benzene ring substituents is 1. The minimum Gasteiger partial charge on any atom is -0.322 e. The zero-order valence-corrected chi connectivity index (χ0v) is 9.97. The van der Waals surface area contributed by atoms with E-state index in [-0.39, 0.29) is 11.4 Å². The molecule has 0 aliphatic rings. The fraction of sp³-hybridized carbons (Fsp3) is 0. The molecule has 2 aromatic carbocycles. The number of hydrogen-bond acceptors (Lipinski definition) is 3. The molecule has 0 fully saturated rings. The SMILES string of the molecule is O=C(Nc1cccc([N+](=O)[O-])c1)c1cc(F)ccc1F. The maximum Gasteiger partial charge on any atom is 0.271 e. The summed E-state index contributed by atoms with van der Waals surface area (Å²) < 4.78 is 26.4. The number of nitro groups is 1. The van der Waals surface area contributed by atoms with Crippen LogP contribution in [0.25, 0.3) is 0 Å². The summed E-state index contributed by atoms with van der Waals surface area (Å²) in [5, 5.41) is 12.9. The molecule has 2 aromatic rings. The van der Waals surface area contributed by atoms with Crippen LogP contribution in [0, 0.1) is 21.7 Å². The van der Waals surface area contributed by atoms with E-state index in [1.807, 2.05) is 0 Å². The van der Waals surface area contributed by atoms with Gasteiger partial charge in [-0.25, -0.2) is 8.78 Å². The highest BCUT2D eigenvalue weighted by molar-refractivity contribution is 6.04. The summed E-state index contributed by atoms with van der Waals surface area (Å²) >= 11 is 0. The van der Waals surface area contributed by atoms with Crippen molar-refractivity contribution in [3.8, 4) is 0 Å². The van der Waals surface area contributed by atoms with Crippen molar-refractivity contribution < 1.29 is 18.5 Å². The Morgan fingerprint density at radius 2 is 1.90 bits per heavy atom. The standard InChI is InChI=1S/C13H8F2N2O3/c14-8-4-5-12(15)11(6-8)13(18)16-9-2-1-3-10(7-9)17(19)20/h1-7H,(H,16,18). The Hall–Kier alpha value is -2.83. The molecule has 5 nitrogen and oxygen atoms in total. The van der Waals surface area contributed by atoms with Crippen LogP contribution in [0.15, 0.2) is 42.5 Å². The molecule has 20 heavy (non-hydrogen) atoms. The van der Waals surface area contributed by atoms with Gasteiger partial charge in [-0.05, 0) is 24.3 Å². The van der Waals surface area contributed by atoms with Crippen LogP contribution in [0.4, 0.5) is 20.2 Å². The molecular formula is C13H8F2N2O3. The molecule has 0 saturated heterocycles. The number of nitro benzene ring substituents is 1. The maximum atomic E-state index is 13.4. The molecule has 0 heterocycles. The second-order valence-electron chi connectivity index (χ2n) is 3.89. The summed E-state index contributed by atoms with van der Waals surface area (Å²) in [5.41, 5.74) is -0.577. The van der Waals surface area contributed by atoms with E-state index >= 15 is 0 Å². The van der Waals surface area contributed by atoms with E-state index in [1.165, 1.54) is 18.2 Å². The van der Waals surface area contributed by atoms with Crippen LogP contribution < -0.4 is 5.32 Å². The number of carbonyl (C=O) groups is 1. The second-order valence-corrected chi connectivity index (χ2v) is 3.89. The fourth-order valence-electron chi connectivity index (χ4n) is 1.57. The quantitative estimate of drug-likeness (QED) is 0.692. The van der Waals surface area contributed by atoms with Crippen LogP contribution in [-0.2, 0) is 0 Å².